The molecule has 0 bridgehead atoms. The van der Waals surface area contributed by atoms with E-state index in [1.165, 1.54) is 16.4 Å². The second kappa shape index (κ2) is 2.65. The van der Waals surface area contributed by atoms with Crippen molar-refractivity contribution in [3.05, 3.63) is 16.6 Å². The summed E-state index contributed by atoms with van der Waals surface area (Å²) < 4.78 is 4.01. The van der Waals surface area contributed by atoms with E-state index < -0.39 is 0 Å². The van der Waals surface area contributed by atoms with Crippen LogP contribution in [0.5, 0.6) is 0 Å². The average molecular weight is 137 g/mol. The minimum atomic E-state index is 0.761. The predicted octanol–water partition coefficient (Wildman–Crippen LogP) is 1.69. The zero-order valence-corrected chi connectivity index (χ0v) is 6.03. The lowest BCUT2D eigenvalue weighted by molar-refractivity contribution is 1.19. The van der Waals surface area contributed by atoms with Crippen LogP contribution >= 0.6 is 11.5 Å². The summed E-state index contributed by atoms with van der Waals surface area (Å²) in [4.78, 5) is 1.25. The Balaban J connectivity index is 2.90. The van der Waals surface area contributed by atoms with E-state index >= 15 is 0 Å². The number of terminal acetylenes is 1. The van der Waals surface area contributed by atoms with Gasteiger partial charge < -0.3 is 0 Å². The first kappa shape index (κ1) is 6.31. The lowest BCUT2D eigenvalue weighted by atomic mass is 10.3. The molecule has 0 aliphatic carbocycles. The van der Waals surface area contributed by atoms with Crippen LogP contribution in [0.15, 0.2) is 6.07 Å². The Hall–Kier alpha value is -0.810. The second-order valence-electron chi connectivity index (χ2n) is 1.68. The molecule has 0 unspecified atom stereocenters. The van der Waals surface area contributed by atoms with Crippen LogP contribution in [0.3, 0.4) is 0 Å². The molecule has 0 aliphatic rings. The number of hydrogen-bond acceptors (Lipinski definition) is 2. The Morgan fingerprint density at radius 3 is 3.00 bits per heavy atom. The Morgan fingerprint density at radius 1 is 1.89 bits per heavy atom. The molecule has 0 saturated carbocycles. The largest absolute Gasteiger partial charge is 0.184 e. The highest BCUT2D eigenvalue weighted by atomic mass is 32.1. The number of rotatable bonds is 1. The molecule has 1 rings (SSSR count). The third-order valence-corrected chi connectivity index (χ3v) is 1.98. The van der Waals surface area contributed by atoms with Crippen molar-refractivity contribution in [2.24, 2.45) is 0 Å². The molecular formula is C7H7NS. The van der Waals surface area contributed by atoms with Crippen LogP contribution in [0.4, 0.5) is 0 Å². The first-order valence-electron chi connectivity index (χ1n) is 2.79. The Bertz CT molecular complexity index is 231. The van der Waals surface area contributed by atoms with E-state index in [4.69, 9.17) is 6.42 Å². The SMILES string of the molecule is C#Cc1cc(CC)sn1. The maximum absolute atomic E-state index is 5.11. The van der Waals surface area contributed by atoms with E-state index in [1.54, 1.807) is 0 Å². The van der Waals surface area contributed by atoms with Crippen molar-refractivity contribution >= 4 is 11.5 Å². The van der Waals surface area contributed by atoms with Crippen LogP contribution in [-0.2, 0) is 6.42 Å². The Kier molecular flexibility index (Phi) is 1.86. The maximum Gasteiger partial charge on any atom is 0.127 e. The molecule has 0 amide bonds. The molecule has 0 N–H and O–H groups in total. The molecule has 1 aromatic rings. The summed E-state index contributed by atoms with van der Waals surface area (Å²) in [5, 5.41) is 0. The van der Waals surface area contributed by atoms with Crippen LogP contribution < -0.4 is 0 Å². The summed E-state index contributed by atoms with van der Waals surface area (Å²) in [5.74, 6) is 2.48. The first-order chi connectivity index (χ1) is 4.36. The Labute approximate surface area is 58.9 Å². The quantitative estimate of drug-likeness (QED) is 0.537. The van der Waals surface area contributed by atoms with Gasteiger partial charge in [0, 0.05) is 4.88 Å². The van der Waals surface area contributed by atoms with E-state index in [0.29, 0.717) is 0 Å². The third-order valence-electron chi connectivity index (χ3n) is 1.06. The van der Waals surface area contributed by atoms with Crippen molar-refractivity contribution in [2.75, 3.05) is 0 Å². The topological polar surface area (TPSA) is 12.9 Å². The van der Waals surface area contributed by atoms with Gasteiger partial charge in [-0.25, -0.2) is 0 Å². The molecule has 46 valence electrons. The number of nitrogens with zero attached hydrogens (tertiary/aromatic N) is 1. The minimum Gasteiger partial charge on any atom is -0.184 e. The lowest BCUT2D eigenvalue weighted by Crippen LogP contribution is -1.67. The molecule has 1 aromatic heterocycles. The summed E-state index contributed by atoms with van der Waals surface area (Å²) >= 11 is 1.48. The summed E-state index contributed by atoms with van der Waals surface area (Å²) in [5.41, 5.74) is 0.761. The summed E-state index contributed by atoms with van der Waals surface area (Å²) in [6.07, 6.45) is 6.14. The van der Waals surface area contributed by atoms with Crippen LogP contribution in [0.25, 0.3) is 0 Å². The molecule has 0 spiro atoms. The lowest BCUT2D eigenvalue weighted by Gasteiger charge is -1.77. The zero-order valence-electron chi connectivity index (χ0n) is 5.22. The van der Waals surface area contributed by atoms with Gasteiger partial charge in [0.05, 0.1) is 0 Å². The molecule has 0 aliphatic heterocycles. The number of hydrogen-bond donors (Lipinski definition) is 0. The van der Waals surface area contributed by atoms with Gasteiger partial charge in [0.2, 0.25) is 0 Å². The molecule has 9 heavy (non-hydrogen) atoms. The van der Waals surface area contributed by atoms with Gasteiger partial charge in [0.15, 0.2) is 0 Å². The minimum absolute atomic E-state index is 0.761. The van der Waals surface area contributed by atoms with Crippen molar-refractivity contribution in [1.82, 2.24) is 4.37 Å². The fourth-order valence-corrected chi connectivity index (χ4v) is 1.16. The van der Waals surface area contributed by atoms with Gasteiger partial charge in [-0.2, -0.15) is 4.37 Å². The van der Waals surface area contributed by atoms with Gasteiger partial charge in [-0.1, -0.05) is 6.92 Å². The summed E-state index contributed by atoms with van der Waals surface area (Å²) in [7, 11) is 0. The Morgan fingerprint density at radius 2 is 2.67 bits per heavy atom. The van der Waals surface area contributed by atoms with E-state index in [9.17, 15) is 0 Å². The molecule has 0 fully saturated rings. The van der Waals surface area contributed by atoms with Gasteiger partial charge in [-0.05, 0) is 29.9 Å². The summed E-state index contributed by atoms with van der Waals surface area (Å²) in [6.45, 7) is 2.09. The monoisotopic (exact) mass is 137 g/mol. The predicted molar refractivity (Wildman–Crippen MR) is 39.4 cm³/mol. The van der Waals surface area contributed by atoms with Gasteiger partial charge in [0.1, 0.15) is 5.69 Å². The van der Waals surface area contributed by atoms with Crippen molar-refractivity contribution in [2.45, 2.75) is 13.3 Å². The van der Waals surface area contributed by atoms with E-state index in [2.05, 4.69) is 17.2 Å². The van der Waals surface area contributed by atoms with Crippen molar-refractivity contribution in [3.63, 3.8) is 0 Å². The first-order valence-corrected chi connectivity index (χ1v) is 3.56. The van der Waals surface area contributed by atoms with Crippen LogP contribution in [0.1, 0.15) is 17.5 Å². The standard InChI is InChI=1S/C7H7NS/c1-3-6-5-7(4-2)9-8-6/h1,5H,4H2,2H3. The van der Waals surface area contributed by atoms with Gasteiger partial charge >= 0.3 is 0 Å². The highest BCUT2D eigenvalue weighted by Gasteiger charge is 1.93. The highest BCUT2D eigenvalue weighted by molar-refractivity contribution is 7.05. The number of aryl methyl sites for hydroxylation is 1. The van der Waals surface area contributed by atoms with Crippen molar-refractivity contribution < 1.29 is 0 Å². The van der Waals surface area contributed by atoms with Crippen molar-refractivity contribution in [3.8, 4) is 12.3 Å². The molecule has 0 saturated heterocycles. The van der Waals surface area contributed by atoms with Crippen LogP contribution in [0.2, 0.25) is 0 Å². The van der Waals surface area contributed by atoms with Gasteiger partial charge in [-0.15, -0.1) is 6.42 Å². The number of aromatic nitrogens is 1. The van der Waals surface area contributed by atoms with E-state index in [-0.39, 0.29) is 0 Å². The molecular weight excluding hydrogens is 130 g/mol. The molecule has 1 heterocycles. The highest BCUT2D eigenvalue weighted by Crippen LogP contribution is 2.08. The summed E-state index contributed by atoms with van der Waals surface area (Å²) in [6, 6.07) is 1.95. The van der Waals surface area contributed by atoms with Gasteiger partial charge in [-0.3, -0.25) is 0 Å². The van der Waals surface area contributed by atoms with E-state index in [0.717, 1.165) is 12.1 Å². The molecule has 1 nitrogen and oxygen atoms in total. The molecule has 0 aromatic carbocycles. The normalized spacial score (nSPS) is 8.89. The second-order valence-corrected chi connectivity index (χ2v) is 2.57. The van der Waals surface area contributed by atoms with Crippen molar-refractivity contribution in [1.29, 1.82) is 0 Å². The molecule has 0 radical (unpaired) electrons. The van der Waals surface area contributed by atoms with E-state index in [1.807, 2.05) is 6.07 Å². The third kappa shape index (κ3) is 1.30. The zero-order chi connectivity index (χ0) is 6.69. The smallest absolute Gasteiger partial charge is 0.127 e. The van der Waals surface area contributed by atoms with Crippen LogP contribution in [-0.4, -0.2) is 4.37 Å². The average Bonchev–Trinajstić information content (AvgIpc) is 2.34. The fourth-order valence-electron chi connectivity index (χ4n) is 0.548. The van der Waals surface area contributed by atoms with Gasteiger partial charge in [0.25, 0.3) is 0 Å². The molecule has 2 heteroatoms. The molecule has 0 atom stereocenters. The fraction of sp³-hybridized carbons (Fsp3) is 0.286. The van der Waals surface area contributed by atoms with Crippen LogP contribution in [0, 0.1) is 12.3 Å². The maximum atomic E-state index is 5.11.